The number of amides is 1. The molecule has 0 aliphatic carbocycles. The van der Waals surface area contributed by atoms with Crippen molar-refractivity contribution in [3.8, 4) is 5.75 Å². The lowest BCUT2D eigenvalue weighted by Gasteiger charge is -2.15. The average molecular weight is 369 g/mol. The van der Waals surface area contributed by atoms with Crippen LogP contribution in [0.25, 0.3) is 10.9 Å². The number of fused-ring (bicyclic) bond motifs is 1. The van der Waals surface area contributed by atoms with Gasteiger partial charge >= 0.3 is 0 Å². The molecule has 0 aliphatic rings. The maximum Gasteiger partial charge on any atom is 0.261 e. The van der Waals surface area contributed by atoms with Gasteiger partial charge in [-0.1, -0.05) is 36.0 Å². The molecule has 1 amide bonds. The highest BCUT2D eigenvalue weighted by atomic mass is 32.2. The van der Waals surface area contributed by atoms with E-state index in [9.17, 15) is 9.59 Å². The third-order valence-electron chi connectivity index (χ3n) is 3.96. The molecule has 134 valence electrons. The van der Waals surface area contributed by atoms with E-state index >= 15 is 0 Å². The molecular formula is C19H19N3O3S. The summed E-state index contributed by atoms with van der Waals surface area (Å²) in [6, 6.07) is 14.4. The van der Waals surface area contributed by atoms with E-state index in [1.54, 1.807) is 45.3 Å². The van der Waals surface area contributed by atoms with E-state index in [1.807, 2.05) is 24.3 Å². The summed E-state index contributed by atoms with van der Waals surface area (Å²) in [5, 5.41) is 3.46. The van der Waals surface area contributed by atoms with Crippen molar-refractivity contribution < 1.29 is 9.53 Å². The predicted molar refractivity (Wildman–Crippen MR) is 104 cm³/mol. The fourth-order valence-corrected chi connectivity index (χ4v) is 3.37. The number of carbonyl (C=O) groups excluding carboxylic acids is 1. The second kappa shape index (κ2) is 7.61. The normalized spacial score (nSPS) is 12.0. The third kappa shape index (κ3) is 3.57. The molecule has 0 saturated carbocycles. The zero-order chi connectivity index (χ0) is 18.7. The van der Waals surface area contributed by atoms with Crippen LogP contribution in [0.1, 0.15) is 6.92 Å². The van der Waals surface area contributed by atoms with E-state index < -0.39 is 5.25 Å². The minimum atomic E-state index is -0.445. The Labute approximate surface area is 155 Å². The fraction of sp³-hybridized carbons (Fsp3) is 0.211. The molecule has 7 heteroatoms. The molecule has 0 saturated heterocycles. The number of nitrogens with zero attached hydrogens (tertiary/aromatic N) is 2. The molecular weight excluding hydrogens is 350 g/mol. The first kappa shape index (κ1) is 18.0. The molecule has 6 nitrogen and oxygen atoms in total. The van der Waals surface area contributed by atoms with E-state index in [2.05, 4.69) is 10.3 Å². The van der Waals surface area contributed by atoms with Gasteiger partial charge < -0.3 is 10.1 Å². The lowest BCUT2D eigenvalue weighted by Crippen LogP contribution is -2.25. The van der Waals surface area contributed by atoms with Crippen molar-refractivity contribution in [1.29, 1.82) is 0 Å². The van der Waals surface area contributed by atoms with Gasteiger partial charge in [-0.2, -0.15) is 0 Å². The van der Waals surface area contributed by atoms with Crippen LogP contribution in [0.3, 0.4) is 0 Å². The Morgan fingerprint density at radius 1 is 1.19 bits per heavy atom. The second-order valence-corrected chi connectivity index (χ2v) is 7.03. The van der Waals surface area contributed by atoms with Gasteiger partial charge in [-0.3, -0.25) is 14.2 Å². The molecule has 1 heterocycles. The van der Waals surface area contributed by atoms with Crippen LogP contribution < -0.4 is 15.6 Å². The van der Waals surface area contributed by atoms with Crippen molar-refractivity contribution in [1.82, 2.24) is 9.55 Å². The van der Waals surface area contributed by atoms with Crippen LogP contribution in [-0.4, -0.2) is 27.8 Å². The molecule has 26 heavy (non-hydrogen) atoms. The molecule has 1 aromatic heterocycles. The van der Waals surface area contributed by atoms with Crippen LogP contribution in [0.4, 0.5) is 5.69 Å². The first-order valence-electron chi connectivity index (χ1n) is 8.07. The number of anilines is 1. The van der Waals surface area contributed by atoms with Gasteiger partial charge in [0.25, 0.3) is 5.56 Å². The Morgan fingerprint density at radius 3 is 2.65 bits per heavy atom. The Balaban J connectivity index is 1.82. The Morgan fingerprint density at radius 2 is 1.88 bits per heavy atom. The van der Waals surface area contributed by atoms with Gasteiger partial charge in [-0.15, -0.1) is 0 Å². The monoisotopic (exact) mass is 369 g/mol. The fourth-order valence-electron chi connectivity index (χ4n) is 2.50. The molecule has 0 radical (unpaired) electrons. The summed E-state index contributed by atoms with van der Waals surface area (Å²) in [4.78, 5) is 29.5. The van der Waals surface area contributed by atoms with Crippen LogP contribution >= 0.6 is 11.8 Å². The molecule has 2 aromatic carbocycles. The van der Waals surface area contributed by atoms with Crippen molar-refractivity contribution in [2.45, 2.75) is 17.3 Å². The molecule has 1 N–H and O–H groups in total. The number of thioether (sulfide) groups is 1. The van der Waals surface area contributed by atoms with E-state index in [0.717, 1.165) is 0 Å². The number of hydrogen-bond acceptors (Lipinski definition) is 5. The number of nitrogens with one attached hydrogen (secondary N) is 1. The smallest absolute Gasteiger partial charge is 0.261 e. The highest BCUT2D eigenvalue weighted by molar-refractivity contribution is 8.00. The number of aromatic nitrogens is 2. The maximum atomic E-state index is 12.5. The summed E-state index contributed by atoms with van der Waals surface area (Å²) >= 11 is 1.24. The number of carbonyl (C=O) groups is 1. The topological polar surface area (TPSA) is 73.2 Å². The number of benzene rings is 2. The van der Waals surface area contributed by atoms with E-state index in [4.69, 9.17) is 4.74 Å². The summed E-state index contributed by atoms with van der Waals surface area (Å²) in [5.74, 6) is 0.399. The lowest BCUT2D eigenvalue weighted by atomic mass is 10.2. The van der Waals surface area contributed by atoms with E-state index in [0.29, 0.717) is 27.5 Å². The zero-order valence-electron chi connectivity index (χ0n) is 14.7. The first-order chi connectivity index (χ1) is 12.5. The molecule has 0 fully saturated rings. The average Bonchev–Trinajstić information content (AvgIpc) is 2.66. The summed E-state index contributed by atoms with van der Waals surface area (Å²) in [5.41, 5.74) is 1.10. The minimum Gasteiger partial charge on any atom is -0.495 e. The molecule has 0 spiro atoms. The largest absolute Gasteiger partial charge is 0.495 e. The Kier molecular flexibility index (Phi) is 5.27. The highest BCUT2D eigenvalue weighted by Crippen LogP contribution is 2.26. The van der Waals surface area contributed by atoms with Gasteiger partial charge in [0, 0.05) is 7.05 Å². The number of ether oxygens (including phenoxy) is 1. The number of hydrogen-bond donors (Lipinski definition) is 1. The van der Waals surface area contributed by atoms with Crippen molar-refractivity contribution in [3.63, 3.8) is 0 Å². The van der Waals surface area contributed by atoms with Crippen LogP contribution in [0.15, 0.2) is 58.5 Å². The number of methoxy groups -OCH3 is 1. The van der Waals surface area contributed by atoms with Crippen molar-refractivity contribution in [2.24, 2.45) is 7.05 Å². The van der Waals surface area contributed by atoms with Crippen molar-refractivity contribution in [3.05, 3.63) is 58.9 Å². The van der Waals surface area contributed by atoms with Gasteiger partial charge in [-0.05, 0) is 31.2 Å². The summed E-state index contributed by atoms with van der Waals surface area (Å²) in [6.07, 6.45) is 0. The molecule has 1 unspecified atom stereocenters. The number of para-hydroxylation sites is 3. The van der Waals surface area contributed by atoms with E-state index in [1.165, 1.54) is 16.3 Å². The minimum absolute atomic E-state index is 0.129. The van der Waals surface area contributed by atoms with Crippen molar-refractivity contribution >= 4 is 34.3 Å². The predicted octanol–water partition coefficient (Wildman–Crippen LogP) is 3.06. The van der Waals surface area contributed by atoms with Crippen LogP contribution in [0, 0.1) is 0 Å². The number of rotatable bonds is 5. The summed E-state index contributed by atoms with van der Waals surface area (Å²) < 4.78 is 6.72. The van der Waals surface area contributed by atoms with Crippen LogP contribution in [-0.2, 0) is 11.8 Å². The highest BCUT2D eigenvalue weighted by Gasteiger charge is 2.19. The van der Waals surface area contributed by atoms with Gasteiger partial charge in [0.05, 0.1) is 29.0 Å². The van der Waals surface area contributed by atoms with Crippen LogP contribution in [0.5, 0.6) is 5.75 Å². The van der Waals surface area contributed by atoms with Gasteiger partial charge in [-0.25, -0.2) is 4.98 Å². The van der Waals surface area contributed by atoms with Crippen molar-refractivity contribution in [2.75, 3.05) is 12.4 Å². The molecule has 1 atom stereocenters. The lowest BCUT2D eigenvalue weighted by molar-refractivity contribution is -0.115. The van der Waals surface area contributed by atoms with Gasteiger partial charge in [0.1, 0.15) is 5.75 Å². The second-order valence-electron chi connectivity index (χ2n) is 5.73. The van der Waals surface area contributed by atoms with Crippen LogP contribution in [0.2, 0.25) is 0 Å². The quantitative estimate of drug-likeness (QED) is 0.553. The summed E-state index contributed by atoms with van der Waals surface area (Å²) in [6.45, 7) is 1.77. The molecule has 0 bridgehead atoms. The molecule has 3 aromatic rings. The Hall–Kier alpha value is -2.80. The summed E-state index contributed by atoms with van der Waals surface area (Å²) in [7, 11) is 3.22. The zero-order valence-corrected chi connectivity index (χ0v) is 15.5. The standard InChI is InChI=1S/C19H19N3O3S/c1-12(17(23)20-15-10-6-7-11-16(15)25-3)26-19-21-14-9-5-4-8-13(14)18(24)22(19)2/h4-12H,1-3H3,(H,20,23). The maximum absolute atomic E-state index is 12.5. The van der Waals surface area contributed by atoms with Gasteiger partial charge in [0.2, 0.25) is 5.91 Å². The van der Waals surface area contributed by atoms with E-state index in [-0.39, 0.29) is 11.5 Å². The Bertz CT molecular complexity index is 1020. The molecule has 3 rings (SSSR count). The molecule has 0 aliphatic heterocycles. The first-order valence-corrected chi connectivity index (χ1v) is 8.95. The van der Waals surface area contributed by atoms with Gasteiger partial charge in [0.15, 0.2) is 5.16 Å². The SMILES string of the molecule is COc1ccccc1NC(=O)C(C)Sc1nc2ccccc2c(=O)n1C. The third-order valence-corrected chi connectivity index (χ3v) is 5.10.